The number of anilines is 2. The highest BCUT2D eigenvalue weighted by Gasteiger charge is 2.26. The Labute approximate surface area is 264 Å². The molecule has 0 atom stereocenters. The number of hydrogen-bond acceptors (Lipinski definition) is 8. The molecule has 3 rings (SSSR count). The van der Waals surface area contributed by atoms with E-state index in [1.165, 1.54) is 6.33 Å². The van der Waals surface area contributed by atoms with Crippen LogP contribution >= 0.6 is 0 Å². The number of hydrazone groups is 2. The van der Waals surface area contributed by atoms with Crippen molar-refractivity contribution in [2.75, 3.05) is 24.1 Å². The van der Waals surface area contributed by atoms with Gasteiger partial charge in [0.25, 0.3) is 0 Å². The molecule has 0 saturated carbocycles. The predicted octanol–water partition coefficient (Wildman–Crippen LogP) is 8.02. The summed E-state index contributed by atoms with van der Waals surface area (Å²) in [5, 5.41) is 34.8. The zero-order valence-corrected chi connectivity index (χ0v) is 29.2. The van der Waals surface area contributed by atoms with Crippen molar-refractivity contribution < 1.29 is 10.2 Å². The van der Waals surface area contributed by atoms with E-state index in [1.807, 2.05) is 12.1 Å². The van der Waals surface area contributed by atoms with E-state index in [9.17, 15) is 10.2 Å². The van der Waals surface area contributed by atoms with Gasteiger partial charge in [0, 0.05) is 42.4 Å². The number of aromatic nitrogens is 2. The molecule has 0 bridgehead atoms. The molecule has 1 aromatic heterocycles. The van der Waals surface area contributed by atoms with Gasteiger partial charge in [0.1, 0.15) is 17.8 Å². The average Bonchev–Trinajstić information content (AvgIpc) is 2.88. The van der Waals surface area contributed by atoms with Gasteiger partial charge in [-0.25, -0.2) is 9.97 Å². The van der Waals surface area contributed by atoms with Gasteiger partial charge in [-0.15, -0.1) is 0 Å². The first-order chi connectivity index (χ1) is 20.0. The van der Waals surface area contributed by atoms with Crippen LogP contribution < -0.4 is 10.0 Å². The number of aromatic hydroxyl groups is 2. The minimum atomic E-state index is -0.230. The van der Waals surface area contributed by atoms with Crippen molar-refractivity contribution in [3.05, 3.63) is 70.0 Å². The fourth-order valence-corrected chi connectivity index (χ4v) is 4.63. The van der Waals surface area contributed by atoms with Crippen molar-refractivity contribution in [1.82, 2.24) is 9.97 Å². The zero-order valence-electron chi connectivity index (χ0n) is 29.2. The summed E-state index contributed by atoms with van der Waals surface area (Å²) in [6.45, 7) is 25.5. The molecule has 0 aliphatic rings. The van der Waals surface area contributed by atoms with Gasteiger partial charge in [0.15, 0.2) is 11.6 Å². The minimum absolute atomic E-state index is 0.0893. The quantitative estimate of drug-likeness (QED) is 0.220. The second-order valence-electron chi connectivity index (χ2n) is 15.7. The van der Waals surface area contributed by atoms with Crippen LogP contribution in [0.25, 0.3) is 0 Å². The van der Waals surface area contributed by atoms with Crippen molar-refractivity contribution in [3.63, 3.8) is 0 Å². The Hall–Kier alpha value is -3.94. The van der Waals surface area contributed by atoms with E-state index in [1.54, 1.807) is 42.6 Å². The summed E-state index contributed by atoms with van der Waals surface area (Å²) >= 11 is 0. The molecule has 0 amide bonds. The molecule has 0 saturated heterocycles. The van der Waals surface area contributed by atoms with Crippen LogP contribution in [0.3, 0.4) is 0 Å². The van der Waals surface area contributed by atoms with Crippen molar-refractivity contribution >= 4 is 24.1 Å². The summed E-state index contributed by atoms with van der Waals surface area (Å²) < 4.78 is 0. The largest absolute Gasteiger partial charge is 0.507 e. The zero-order chi connectivity index (χ0) is 33.4. The Kier molecular flexibility index (Phi) is 9.59. The Morgan fingerprint density at radius 1 is 0.545 bits per heavy atom. The van der Waals surface area contributed by atoms with E-state index < -0.39 is 0 Å². The maximum atomic E-state index is 11.1. The normalized spacial score (nSPS) is 13.2. The summed E-state index contributed by atoms with van der Waals surface area (Å²) in [4.78, 5) is 8.80. The Morgan fingerprint density at radius 3 is 1.18 bits per heavy atom. The number of phenolic OH excluding ortho intramolecular Hbond substituents is 2. The second-order valence-corrected chi connectivity index (χ2v) is 15.7. The lowest BCUT2D eigenvalue weighted by Gasteiger charge is -2.27. The third-order valence-corrected chi connectivity index (χ3v) is 7.67. The molecular weight excluding hydrogens is 548 g/mol. The van der Waals surface area contributed by atoms with Gasteiger partial charge in [-0.05, 0) is 44.9 Å². The molecule has 8 heteroatoms. The molecule has 2 N–H and O–H groups in total. The van der Waals surface area contributed by atoms with E-state index in [4.69, 9.17) is 0 Å². The smallest absolute Gasteiger partial charge is 0.154 e. The molecule has 0 radical (unpaired) electrons. The second kappa shape index (κ2) is 12.2. The van der Waals surface area contributed by atoms with Crippen LogP contribution in [0.5, 0.6) is 11.5 Å². The molecule has 3 aromatic rings. The lowest BCUT2D eigenvalue weighted by molar-refractivity contribution is 0.443. The molecule has 1 heterocycles. The van der Waals surface area contributed by atoms with Crippen LogP contribution in [0.2, 0.25) is 0 Å². The Balaban J connectivity index is 1.93. The van der Waals surface area contributed by atoms with Crippen molar-refractivity contribution in [2.24, 2.45) is 10.2 Å². The van der Waals surface area contributed by atoms with Crippen molar-refractivity contribution in [1.29, 1.82) is 0 Å². The van der Waals surface area contributed by atoms with Crippen molar-refractivity contribution in [3.8, 4) is 11.5 Å². The summed E-state index contributed by atoms with van der Waals surface area (Å²) in [5.74, 6) is 1.58. The third kappa shape index (κ3) is 8.16. The summed E-state index contributed by atoms with van der Waals surface area (Å²) in [5.41, 5.74) is 4.68. The molecule has 238 valence electrons. The lowest BCUT2D eigenvalue weighted by Crippen LogP contribution is -2.18. The highest BCUT2D eigenvalue weighted by molar-refractivity contribution is 5.86. The van der Waals surface area contributed by atoms with Gasteiger partial charge < -0.3 is 10.2 Å². The number of rotatable bonds is 6. The fraction of sp³-hybridized carbons (Fsp3) is 0.500. The monoisotopic (exact) mass is 600 g/mol. The van der Waals surface area contributed by atoms with Crippen molar-refractivity contribution in [2.45, 2.75) is 105 Å². The molecule has 0 unspecified atom stereocenters. The summed E-state index contributed by atoms with van der Waals surface area (Å²) in [6, 6.07) is 9.95. The van der Waals surface area contributed by atoms with E-state index in [-0.39, 0.29) is 33.2 Å². The SMILES string of the molecule is CN(/N=C/c1cc(C(C)(C)C)cc(C(C)(C)C)c1O)c1cc(N(C)/N=C/c2cc(C(C)(C)C)cc(C(C)(C)C)c2O)ncn1. The molecule has 44 heavy (non-hydrogen) atoms. The predicted molar refractivity (Wildman–Crippen MR) is 185 cm³/mol. The Bertz CT molecular complexity index is 1430. The number of phenols is 2. The van der Waals surface area contributed by atoms with Crippen LogP contribution in [0.4, 0.5) is 11.6 Å². The van der Waals surface area contributed by atoms with Gasteiger partial charge in [-0.2, -0.15) is 10.2 Å². The standard InChI is InChI=1S/C36H52N6O2/c1-33(2,3)25-15-23(31(43)27(17-25)35(7,8)9)20-39-41(13)29-19-30(38-22-37-29)42(14)40-21-24-16-26(34(4,5)6)18-28(32(24)44)36(10,11)12/h15-22,43-44H,1-14H3/b39-20+,40-21+. The van der Waals surface area contributed by atoms with Gasteiger partial charge in [0.05, 0.1) is 12.4 Å². The van der Waals surface area contributed by atoms with E-state index >= 15 is 0 Å². The number of hydrogen-bond donors (Lipinski definition) is 2. The average molecular weight is 601 g/mol. The lowest BCUT2D eigenvalue weighted by atomic mass is 9.79. The van der Waals surface area contributed by atoms with Gasteiger partial charge in [-0.3, -0.25) is 10.0 Å². The van der Waals surface area contributed by atoms with Crippen LogP contribution in [-0.4, -0.2) is 46.7 Å². The third-order valence-electron chi connectivity index (χ3n) is 7.67. The molecule has 0 spiro atoms. The Morgan fingerprint density at radius 2 is 0.886 bits per heavy atom. The molecule has 0 aliphatic carbocycles. The van der Waals surface area contributed by atoms with Crippen LogP contribution in [-0.2, 0) is 21.7 Å². The van der Waals surface area contributed by atoms with Gasteiger partial charge in [-0.1, -0.05) is 95.2 Å². The van der Waals surface area contributed by atoms with Crippen LogP contribution in [0, 0.1) is 0 Å². The maximum Gasteiger partial charge on any atom is 0.154 e. The number of benzene rings is 2. The highest BCUT2D eigenvalue weighted by Crippen LogP contribution is 2.38. The van der Waals surface area contributed by atoms with Gasteiger partial charge in [0.2, 0.25) is 0 Å². The van der Waals surface area contributed by atoms with Crippen LogP contribution in [0.15, 0.2) is 46.9 Å². The maximum absolute atomic E-state index is 11.1. The molecular formula is C36H52N6O2. The van der Waals surface area contributed by atoms with E-state index in [0.717, 1.165) is 22.3 Å². The molecule has 0 aliphatic heterocycles. The van der Waals surface area contributed by atoms with E-state index in [0.29, 0.717) is 22.8 Å². The summed E-state index contributed by atoms with van der Waals surface area (Å²) in [6.07, 6.45) is 4.80. The minimum Gasteiger partial charge on any atom is -0.507 e. The first kappa shape index (κ1) is 34.5. The molecule has 8 nitrogen and oxygen atoms in total. The topological polar surface area (TPSA) is 97.4 Å². The van der Waals surface area contributed by atoms with Crippen LogP contribution in [0.1, 0.15) is 116 Å². The molecule has 0 fully saturated rings. The first-order valence-electron chi connectivity index (χ1n) is 15.1. The fourth-order valence-electron chi connectivity index (χ4n) is 4.63. The first-order valence-corrected chi connectivity index (χ1v) is 15.1. The highest BCUT2D eigenvalue weighted by atomic mass is 16.3. The van der Waals surface area contributed by atoms with E-state index in [2.05, 4.69) is 115 Å². The molecule has 2 aromatic carbocycles. The summed E-state index contributed by atoms with van der Waals surface area (Å²) in [7, 11) is 3.59. The number of nitrogens with zero attached hydrogens (tertiary/aromatic N) is 6. The van der Waals surface area contributed by atoms with Gasteiger partial charge >= 0.3 is 0 Å².